The maximum atomic E-state index is 11.8. The molecule has 4 nitrogen and oxygen atoms in total. The maximum Gasteiger partial charge on any atom is 0.323 e. The number of carbonyl (C=O) groups is 1. The highest BCUT2D eigenvalue weighted by atomic mass is 16.5. The smallest absolute Gasteiger partial charge is 0.323 e. The molecule has 0 heterocycles. The minimum atomic E-state index is -0.157. The van der Waals surface area contributed by atoms with E-state index in [2.05, 4.69) is 6.92 Å². The lowest BCUT2D eigenvalue weighted by atomic mass is 10.1. The summed E-state index contributed by atoms with van der Waals surface area (Å²) in [5.74, 6) is -0.130. The van der Waals surface area contributed by atoms with Gasteiger partial charge in [0.2, 0.25) is 0 Å². The van der Waals surface area contributed by atoms with Crippen LogP contribution in [0.25, 0.3) is 0 Å². The number of methoxy groups -OCH3 is 1. The first-order valence-electron chi connectivity index (χ1n) is 5.95. The first-order chi connectivity index (χ1) is 7.58. The molecule has 0 aromatic rings. The van der Waals surface area contributed by atoms with Crippen LogP contribution in [-0.4, -0.2) is 50.3 Å². The minimum Gasteiger partial charge on any atom is -0.465 e. The van der Waals surface area contributed by atoms with E-state index in [1.807, 2.05) is 25.8 Å². The fourth-order valence-corrected chi connectivity index (χ4v) is 1.67. The van der Waals surface area contributed by atoms with Gasteiger partial charge in [0.1, 0.15) is 6.04 Å². The molecule has 0 aliphatic rings. The molecule has 2 atom stereocenters. The van der Waals surface area contributed by atoms with Gasteiger partial charge >= 0.3 is 5.97 Å². The summed E-state index contributed by atoms with van der Waals surface area (Å²) in [6.45, 7) is 7.01. The van der Waals surface area contributed by atoms with E-state index in [9.17, 15) is 4.79 Å². The lowest BCUT2D eigenvalue weighted by Gasteiger charge is -2.31. The Morgan fingerprint density at radius 2 is 2.00 bits per heavy atom. The van der Waals surface area contributed by atoms with Gasteiger partial charge in [-0.15, -0.1) is 0 Å². The quantitative estimate of drug-likeness (QED) is 0.596. The summed E-state index contributed by atoms with van der Waals surface area (Å²) >= 11 is 0. The van der Waals surface area contributed by atoms with Gasteiger partial charge in [-0.25, -0.2) is 0 Å². The molecule has 0 rings (SSSR count). The van der Waals surface area contributed by atoms with E-state index in [1.165, 1.54) is 0 Å². The van der Waals surface area contributed by atoms with Crippen molar-refractivity contribution in [1.82, 2.24) is 4.90 Å². The van der Waals surface area contributed by atoms with Gasteiger partial charge in [0.15, 0.2) is 0 Å². The molecule has 0 N–H and O–H groups in total. The minimum absolute atomic E-state index is 0.130. The molecule has 0 amide bonds. The summed E-state index contributed by atoms with van der Waals surface area (Å²) in [5.41, 5.74) is 0. The molecule has 0 saturated heterocycles. The van der Waals surface area contributed by atoms with Gasteiger partial charge in [-0.1, -0.05) is 13.3 Å². The van der Waals surface area contributed by atoms with Crippen molar-refractivity contribution in [3.8, 4) is 0 Å². The zero-order chi connectivity index (χ0) is 12.6. The number of esters is 1. The molecular formula is C12H25NO3. The Kier molecular flexibility index (Phi) is 8.21. The Morgan fingerprint density at radius 1 is 1.38 bits per heavy atom. The van der Waals surface area contributed by atoms with Gasteiger partial charge < -0.3 is 9.47 Å². The van der Waals surface area contributed by atoms with Gasteiger partial charge in [0, 0.05) is 13.2 Å². The van der Waals surface area contributed by atoms with Crippen LogP contribution in [0.3, 0.4) is 0 Å². The molecule has 0 aliphatic heterocycles. The van der Waals surface area contributed by atoms with Crippen molar-refractivity contribution in [3.05, 3.63) is 0 Å². The third-order valence-corrected chi connectivity index (χ3v) is 2.72. The molecule has 0 aliphatic carbocycles. The summed E-state index contributed by atoms with van der Waals surface area (Å²) in [5, 5.41) is 0. The van der Waals surface area contributed by atoms with Gasteiger partial charge in [-0.3, -0.25) is 9.69 Å². The second-order valence-electron chi connectivity index (χ2n) is 4.03. The van der Waals surface area contributed by atoms with E-state index in [0.29, 0.717) is 13.2 Å². The van der Waals surface area contributed by atoms with Crippen molar-refractivity contribution in [1.29, 1.82) is 0 Å². The number of rotatable bonds is 8. The Morgan fingerprint density at radius 3 is 2.44 bits per heavy atom. The van der Waals surface area contributed by atoms with Gasteiger partial charge in [0.25, 0.3) is 0 Å². The number of nitrogens with zero attached hydrogens (tertiary/aromatic N) is 1. The zero-order valence-corrected chi connectivity index (χ0v) is 11.2. The molecule has 0 saturated carbocycles. The Balaban J connectivity index is 4.43. The lowest BCUT2D eigenvalue weighted by molar-refractivity contribution is -0.150. The predicted molar refractivity (Wildman–Crippen MR) is 64.4 cm³/mol. The summed E-state index contributed by atoms with van der Waals surface area (Å²) in [4.78, 5) is 13.8. The molecule has 0 aromatic heterocycles. The molecular weight excluding hydrogens is 206 g/mol. The molecule has 16 heavy (non-hydrogen) atoms. The monoisotopic (exact) mass is 231 g/mol. The first kappa shape index (κ1) is 15.4. The lowest BCUT2D eigenvalue weighted by Crippen LogP contribution is -2.46. The zero-order valence-electron chi connectivity index (χ0n) is 11.2. The number of carbonyl (C=O) groups excluding carboxylic acids is 1. The van der Waals surface area contributed by atoms with Gasteiger partial charge in [0.05, 0.1) is 13.2 Å². The van der Waals surface area contributed by atoms with E-state index in [-0.39, 0.29) is 18.1 Å². The van der Waals surface area contributed by atoms with Crippen molar-refractivity contribution in [2.75, 3.05) is 27.4 Å². The molecule has 96 valence electrons. The van der Waals surface area contributed by atoms with Crippen molar-refractivity contribution in [3.63, 3.8) is 0 Å². The van der Waals surface area contributed by atoms with Crippen LogP contribution in [0, 0.1) is 0 Å². The highest BCUT2D eigenvalue weighted by Gasteiger charge is 2.26. The van der Waals surface area contributed by atoms with Crippen molar-refractivity contribution < 1.29 is 14.3 Å². The van der Waals surface area contributed by atoms with Crippen LogP contribution < -0.4 is 0 Å². The Bertz CT molecular complexity index is 197. The van der Waals surface area contributed by atoms with Crippen molar-refractivity contribution in [2.24, 2.45) is 0 Å². The molecule has 4 heteroatoms. The van der Waals surface area contributed by atoms with E-state index < -0.39 is 0 Å². The summed E-state index contributed by atoms with van der Waals surface area (Å²) in [6.07, 6.45) is 1.79. The normalized spacial score (nSPS) is 14.9. The van der Waals surface area contributed by atoms with Gasteiger partial charge in [-0.05, 0) is 27.3 Å². The topological polar surface area (TPSA) is 38.8 Å². The van der Waals surface area contributed by atoms with E-state index in [4.69, 9.17) is 9.47 Å². The Labute approximate surface area is 98.9 Å². The van der Waals surface area contributed by atoms with Crippen LogP contribution in [0.5, 0.6) is 0 Å². The van der Waals surface area contributed by atoms with Crippen molar-refractivity contribution >= 4 is 5.97 Å². The second kappa shape index (κ2) is 8.53. The van der Waals surface area contributed by atoms with E-state index in [1.54, 1.807) is 7.11 Å². The molecule has 0 radical (unpaired) electrons. The molecule has 2 unspecified atom stereocenters. The number of hydrogen-bond donors (Lipinski definition) is 0. The van der Waals surface area contributed by atoms with Crippen LogP contribution in [-0.2, 0) is 14.3 Å². The van der Waals surface area contributed by atoms with Crippen LogP contribution in [0.4, 0.5) is 0 Å². The average molecular weight is 231 g/mol. The van der Waals surface area contributed by atoms with Gasteiger partial charge in [-0.2, -0.15) is 0 Å². The van der Waals surface area contributed by atoms with Crippen LogP contribution in [0.1, 0.15) is 33.6 Å². The third kappa shape index (κ3) is 4.94. The Hall–Kier alpha value is -0.610. The molecule has 0 aromatic carbocycles. The number of ether oxygens (including phenoxy) is 2. The largest absolute Gasteiger partial charge is 0.465 e. The fourth-order valence-electron chi connectivity index (χ4n) is 1.67. The average Bonchev–Trinajstić information content (AvgIpc) is 2.25. The van der Waals surface area contributed by atoms with E-state index in [0.717, 1.165) is 12.8 Å². The predicted octanol–water partition coefficient (Wildman–Crippen LogP) is 1.68. The summed E-state index contributed by atoms with van der Waals surface area (Å²) in [7, 11) is 3.62. The first-order valence-corrected chi connectivity index (χ1v) is 5.95. The third-order valence-electron chi connectivity index (χ3n) is 2.72. The fraction of sp³-hybridized carbons (Fsp3) is 0.917. The highest BCUT2D eigenvalue weighted by Crippen LogP contribution is 2.11. The van der Waals surface area contributed by atoms with Crippen LogP contribution in [0.2, 0.25) is 0 Å². The standard InChI is InChI=1S/C12H25NO3/c1-6-8-11(12(14)16-7-2)13(4)10(3)9-15-5/h10-11H,6-9H2,1-5H3. The van der Waals surface area contributed by atoms with Crippen LogP contribution in [0.15, 0.2) is 0 Å². The number of hydrogen-bond acceptors (Lipinski definition) is 4. The van der Waals surface area contributed by atoms with E-state index >= 15 is 0 Å². The molecule has 0 spiro atoms. The SMILES string of the molecule is CCCC(C(=O)OCC)N(C)C(C)COC. The summed E-state index contributed by atoms with van der Waals surface area (Å²) in [6, 6.07) is 0.0565. The number of likely N-dealkylation sites (N-methyl/N-ethyl adjacent to an activating group) is 1. The molecule has 0 fully saturated rings. The maximum absolute atomic E-state index is 11.8. The molecule has 0 bridgehead atoms. The second-order valence-corrected chi connectivity index (χ2v) is 4.03. The van der Waals surface area contributed by atoms with Crippen LogP contribution >= 0.6 is 0 Å². The highest BCUT2D eigenvalue weighted by molar-refractivity contribution is 5.75. The van der Waals surface area contributed by atoms with Crippen molar-refractivity contribution in [2.45, 2.75) is 45.7 Å². The summed E-state index contributed by atoms with van der Waals surface area (Å²) < 4.78 is 10.2.